The van der Waals surface area contributed by atoms with Crippen molar-refractivity contribution in [1.29, 1.82) is 0 Å². The van der Waals surface area contributed by atoms with E-state index in [1.807, 2.05) is 47.4 Å². The van der Waals surface area contributed by atoms with Gasteiger partial charge < -0.3 is 15.0 Å². The third-order valence-electron chi connectivity index (χ3n) is 5.21. The fourth-order valence-corrected chi connectivity index (χ4v) is 3.37. The molecule has 0 atom stereocenters. The minimum atomic E-state index is -0.401. The number of esters is 1. The van der Waals surface area contributed by atoms with E-state index in [2.05, 4.69) is 19.2 Å². The smallest absolute Gasteiger partial charge is 0.340 e. The molecule has 2 aromatic carbocycles. The van der Waals surface area contributed by atoms with Crippen LogP contribution < -0.4 is 5.32 Å². The summed E-state index contributed by atoms with van der Waals surface area (Å²) in [5.74, 6) is -0.332. The lowest BCUT2D eigenvalue weighted by Gasteiger charge is -2.23. The van der Waals surface area contributed by atoms with E-state index in [9.17, 15) is 9.59 Å². The highest BCUT2D eigenvalue weighted by molar-refractivity contribution is 5.96. The number of para-hydroxylation sites is 1. The van der Waals surface area contributed by atoms with Crippen molar-refractivity contribution in [2.24, 2.45) is 0 Å². The summed E-state index contributed by atoms with van der Waals surface area (Å²) < 4.78 is 5.47. The van der Waals surface area contributed by atoms with E-state index in [1.54, 1.807) is 12.1 Å². The maximum absolute atomic E-state index is 12.8. The Bertz CT molecular complexity index is 782. The lowest BCUT2D eigenvalue weighted by molar-refractivity contribution is -0.129. The second kappa shape index (κ2) is 14.2. The number of hydrogen-bond acceptors (Lipinski definition) is 4. The van der Waals surface area contributed by atoms with E-state index in [-0.39, 0.29) is 19.1 Å². The number of nitrogens with one attached hydrogen (secondary N) is 1. The number of rotatable bonds is 14. The van der Waals surface area contributed by atoms with Crippen LogP contribution in [0.3, 0.4) is 0 Å². The number of amides is 1. The van der Waals surface area contributed by atoms with Crippen LogP contribution in [0, 0.1) is 0 Å². The Balaban J connectivity index is 1.94. The molecule has 2 rings (SSSR count). The van der Waals surface area contributed by atoms with Crippen molar-refractivity contribution < 1.29 is 14.3 Å². The molecule has 0 bridgehead atoms. The molecule has 1 amide bonds. The van der Waals surface area contributed by atoms with Gasteiger partial charge in [-0.1, -0.05) is 82.0 Å². The first-order valence-corrected chi connectivity index (χ1v) is 11.5. The molecule has 0 saturated carbocycles. The minimum absolute atomic E-state index is 0.0691. The Kier molecular flexibility index (Phi) is 11.2. The fourth-order valence-electron chi connectivity index (χ4n) is 3.37. The molecule has 5 nitrogen and oxygen atoms in total. The summed E-state index contributed by atoms with van der Waals surface area (Å²) in [5.41, 5.74) is 2.00. The lowest BCUT2D eigenvalue weighted by Crippen LogP contribution is -2.37. The average molecular weight is 425 g/mol. The first-order valence-electron chi connectivity index (χ1n) is 11.5. The van der Waals surface area contributed by atoms with Crippen LogP contribution in [0.4, 0.5) is 5.69 Å². The quantitative estimate of drug-likeness (QED) is 0.314. The Morgan fingerprint density at radius 3 is 2.10 bits per heavy atom. The van der Waals surface area contributed by atoms with E-state index in [0.29, 0.717) is 11.3 Å². The molecular weight excluding hydrogens is 388 g/mol. The molecule has 0 heterocycles. The van der Waals surface area contributed by atoms with Gasteiger partial charge in [-0.05, 0) is 30.5 Å². The van der Waals surface area contributed by atoms with Gasteiger partial charge in [0.15, 0.2) is 0 Å². The van der Waals surface area contributed by atoms with E-state index < -0.39 is 5.97 Å². The maximum Gasteiger partial charge on any atom is 0.340 e. The van der Waals surface area contributed by atoms with Crippen LogP contribution in [-0.2, 0) is 16.1 Å². The van der Waals surface area contributed by atoms with E-state index in [0.717, 1.165) is 57.2 Å². The molecule has 0 radical (unpaired) electrons. The third-order valence-corrected chi connectivity index (χ3v) is 5.21. The Labute approximate surface area is 186 Å². The summed E-state index contributed by atoms with van der Waals surface area (Å²) in [6, 6.07) is 16.8. The van der Waals surface area contributed by atoms with Crippen LogP contribution in [-0.4, -0.2) is 36.4 Å². The highest BCUT2D eigenvalue weighted by Gasteiger charge is 2.16. The molecule has 0 aliphatic heterocycles. The molecule has 168 valence electrons. The molecule has 0 aromatic heterocycles. The van der Waals surface area contributed by atoms with Gasteiger partial charge in [0.2, 0.25) is 5.91 Å². The van der Waals surface area contributed by atoms with Gasteiger partial charge in [-0.15, -0.1) is 0 Å². The van der Waals surface area contributed by atoms with Gasteiger partial charge in [0.25, 0.3) is 0 Å². The summed E-state index contributed by atoms with van der Waals surface area (Å²) in [6.45, 7) is 6.30. The van der Waals surface area contributed by atoms with Crippen LogP contribution in [0.5, 0.6) is 0 Å². The highest BCUT2D eigenvalue weighted by Crippen LogP contribution is 2.17. The van der Waals surface area contributed by atoms with Gasteiger partial charge in [0, 0.05) is 18.8 Å². The standard InChI is InChI=1S/C26H36N2O3/c1-3-5-12-18-28(19-13-6-4-2)25(29)20-27-24-17-11-10-16-23(24)26(30)31-21-22-14-8-7-9-15-22/h7-11,14-17,27H,3-6,12-13,18-21H2,1-2H3. The number of ether oxygens (including phenoxy) is 1. The number of carbonyl (C=O) groups is 2. The average Bonchev–Trinajstić information content (AvgIpc) is 2.81. The summed E-state index contributed by atoms with van der Waals surface area (Å²) >= 11 is 0. The van der Waals surface area contributed by atoms with Crippen molar-refractivity contribution in [3.8, 4) is 0 Å². The normalized spacial score (nSPS) is 10.5. The Morgan fingerprint density at radius 2 is 1.45 bits per heavy atom. The number of nitrogens with zero attached hydrogens (tertiary/aromatic N) is 1. The monoisotopic (exact) mass is 424 g/mol. The van der Waals surface area contributed by atoms with Crippen LogP contribution in [0.25, 0.3) is 0 Å². The van der Waals surface area contributed by atoms with Crippen LogP contribution >= 0.6 is 0 Å². The first-order chi connectivity index (χ1) is 15.2. The van der Waals surface area contributed by atoms with Gasteiger partial charge in [-0.2, -0.15) is 0 Å². The predicted molar refractivity (Wildman–Crippen MR) is 126 cm³/mol. The maximum atomic E-state index is 12.8. The van der Waals surface area contributed by atoms with Crippen molar-refractivity contribution in [3.63, 3.8) is 0 Å². The molecule has 1 N–H and O–H groups in total. The minimum Gasteiger partial charge on any atom is -0.457 e. The molecule has 0 saturated heterocycles. The predicted octanol–water partition coefficient (Wildman–Crippen LogP) is 5.66. The summed E-state index contributed by atoms with van der Waals surface area (Å²) in [4.78, 5) is 27.4. The summed E-state index contributed by atoms with van der Waals surface area (Å²) in [5, 5.41) is 3.16. The molecule has 0 spiro atoms. The highest BCUT2D eigenvalue weighted by atomic mass is 16.5. The Hall–Kier alpha value is -2.82. The van der Waals surface area contributed by atoms with E-state index in [4.69, 9.17) is 4.74 Å². The molecule has 0 fully saturated rings. The van der Waals surface area contributed by atoms with Gasteiger partial charge in [-0.3, -0.25) is 4.79 Å². The molecular formula is C26H36N2O3. The largest absolute Gasteiger partial charge is 0.457 e. The number of hydrogen-bond donors (Lipinski definition) is 1. The number of carbonyl (C=O) groups excluding carboxylic acids is 2. The third kappa shape index (κ3) is 8.83. The van der Waals surface area contributed by atoms with Crippen molar-refractivity contribution >= 4 is 17.6 Å². The van der Waals surface area contributed by atoms with E-state index in [1.165, 1.54) is 0 Å². The summed E-state index contributed by atoms with van der Waals surface area (Å²) in [6.07, 6.45) is 6.57. The molecule has 0 aliphatic carbocycles. The van der Waals surface area contributed by atoms with E-state index >= 15 is 0 Å². The Morgan fingerprint density at radius 1 is 0.839 bits per heavy atom. The van der Waals surface area contributed by atoms with Crippen molar-refractivity contribution in [2.45, 2.75) is 59.0 Å². The van der Waals surface area contributed by atoms with Crippen LogP contribution in [0.15, 0.2) is 54.6 Å². The molecule has 0 unspecified atom stereocenters. The number of benzene rings is 2. The van der Waals surface area contributed by atoms with Gasteiger partial charge >= 0.3 is 5.97 Å². The van der Waals surface area contributed by atoms with Crippen LogP contribution in [0.1, 0.15) is 68.3 Å². The molecule has 0 aliphatic rings. The summed E-state index contributed by atoms with van der Waals surface area (Å²) in [7, 11) is 0. The first kappa shape index (κ1) is 24.4. The number of unbranched alkanes of at least 4 members (excludes halogenated alkanes) is 4. The van der Waals surface area contributed by atoms with Gasteiger partial charge in [0.1, 0.15) is 6.61 Å². The zero-order chi connectivity index (χ0) is 22.3. The fraction of sp³-hybridized carbons (Fsp3) is 0.462. The van der Waals surface area contributed by atoms with Gasteiger partial charge in [0.05, 0.1) is 12.1 Å². The number of anilines is 1. The van der Waals surface area contributed by atoms with Crippen molar-refractivity contribution in [3.05, 3.63) is 65.7 Å². The lowest BCUT2D eigenvalue weighted by atomic mass is 10.1. The van der Waals surface area contributed by atoms with Crippen molar-refractivity contribution in [2.75, 3.05) is 25.0 Å². The molecule has 5 heteroatoms. The van der Waals surface area contributed by atoms with Gasteiger partial charge in [-0.25, -0.2) is 4.79 Å². The topological polar surface area (TPSA) is 58.6 Å². The second-order valence-electron chi connectivity index (χ2n) is 7.76. The second-order valence-corrected chi connectivity index (χ2v) is 7.76. The zero-order valence-electron chi connectivity index (χ0n) is 18.9. The SMILES string of the molecule is CCCCCN(CCCCC)C(=O)CNc1ccccc1C(=O)OCc1ccccc1. The molecule has 31 heavy (non-hydrogen) atoms. The van der Waals surface area contributed by atoms with Crippen molar-refractivity contribution in [1.82, 2.24) is 4.90 Å². The molecule has 2 aromatic rings. The zero-order valence-corrected chi connectivity index (χ0v) is 18.9. The van der Waals surface area contributed by atoms with Crippen LogP contribution in [0.2, 0.25) is 0 Å².